The topological polar surface area (TPSA) is 47.6 Å². The molecule has 1 unspecified atom stereocenters. The molecule has 0 saturated heterocycles. The van der Waals surface area contributed by atoms with Crippen LogP contribution in [0.2, 0.25) is 5.02 Å². The van der Waals surface area contributed by atoms with Gasteiger partial charge < -0.3 is 14.8 Å². The summed E-state index contributed by atoms with van der Waals surface area (Å²) < 4.78 is 10.7. The van der Waals surface area contributed by atoms with Crippen LogP contribution in [0.15, 0.2) is 42.5 Å². The van der Waals surface area contributed by atoms with Crippen LogP contribution in [-0.4, -0.2) is 19.1 Å². The average Bonchev–Trinajstić information content (AvgIpc) is 2.91. The monoisotopic (exact) mass is 303 g/mol. The number of carbonyl (C=O) groups excluding carboxylic acids is 1. The van der Waals surface area contributed by atoms with Crippen molar-refractivity contribution in [2.45, 2.75) is 12.5 Å². The number of methoxy groups -OCH3 is 1. The van der Waals surface area contributed by atoms with Gasteiger partial charge in [0.15, 0.2) is 6.10 Å². The molecule has 108 valence electrons. The van der Waals surface area contributed by atoms with Gasteiger partial charge in [-0.2, -0.15) is 0 Å². The molecule has 3 rings (SSSR count). The molecule has 1 amide bonds. The Kier molecular flexibility index (Phi) is 3.71. The van der Waals surface area contributed by atoms with Crippen molar-refractivity contribution in [3.05, 3.63) is 53.1 Å². The molecule has 0 radical (unpaired) electrons. The van der Waals surface area contributed by atoms with Gasteiger partial charge in [-0.05, 0) is 48.0 Å². The van der Waals surface area contributed by atoms with E-state index in [2.05, 4.69) is 5.32 Å². The van der Waals surface area contributed by atoms with Crippen LogP contribution in [0.4, 0.5) is 5.69 Å². The lowest BCUT2D eigenvalue weighted by Crippen LogP contribution is -2.31. The molecule has 0 aliphatic carbocycles. The van der Waals surface area contributed by atoms with Crippen LogP contribution >= 0.6 is 11.6 Å². The summed E-state index contributed by atoms with van der Waals surface area (Å²) >= 11 is 5.94. The number of halogens is 1. The lowest BCUT2D eigenvalue weighted by Gasteiger charge is -2.11. The third-order valence-electron chi connectivity index (χ3n) is 3.35. The van der Waals surface area contributed by atoms with E-state index in [1.54, 1.807) is 43.5 Å². The molecular weight excluding hydrogens is 290 g/mol. The third-order valence-corrected chi connectivity index (χ3v) is 3.58. The van der Waals surface area contributed by atoms with E-state index in [4.69, 9.17) is 21.1 Å². The van der Waals surface area contributed by atoms with Gasteiger partial charge in [0.1, 0.15) is 11.5 Å². The molecule has 2 aromatic carbocycles. The summed E-state index contributed by atoms with van der Waals surface area (Å²) in [7, 11) is 1.60. The van der Waals surface area contributed by atoms with E-state index in [0.29, 0.717) is 22.9 Å². The summed E-state index contributed by atoms with van der Waals surface area (Å²) in [6.45, 7) is 0. The minimum atomic E-state index is -0.527. The summed E-state index contributed by atoms with van der Waals surface area (Å²) in [6, 6.07) is 12.5. The maximum atomic E-state index is 12.2. The van der Waals surface area contributed by atoms with Crippen LogP contribution in [0.3, 0.4) is 0 Å². The number of nitrogens with one attached hydrogen (secondary N) is 1. The number of fused-ring (bicyclic) bond motifs is 1. The standard InChI is InChI=1S/C16H14ClNO3/c1-20-13-5-3-12(4-6-13)18-16(19)15-9-10-8-11(17)2-7-14(10)21-15/h2-8,15H,9H2,1H3,(H,18,19). The highest BCUT2D eigenvalue weighted by molar-refractivity contribution is 6.30. The fourth-order valence-electron chi connectivity index (χ4n) is 2.26. The van der Waals surface area contributed by atoms with Gasteiger partial charge in [-0.3, -0.25) is 4.79 Å². The Morgan fingerprint density at radius 2 is 2.05 bits per heavy atom. The second-order valence-electron chi connectivity index (χ2n) is 4.78. The summed E-state index contributed by atoms with van der Waals surface area (Å²) in [5.74, 6) is 1.29. The van der Waals surface area contributed by atoms with Gasteiger partial charge in [0, 0.05) is 17.1 Å². The molecule has 0 saturated carbocycles. The number of amides is 1. The summed E-state index contributed by atoms with van der Waals surface area (Å²) in [5.41, 5.74) is 1.66. The molecule has 0 aromatic heterocycles. The number of ether oxygens (including phenoxy) is 2. The number of hydrogen-bond donors (Lipinski definition) is 1. The maximum Gasteiger partial charge on any atom is 0.265 e. The minimum Gasteiger partial charge on any atom is -0.497 e. The zero-order valence-corrected chi connectivity index (χ0v) is 12.2. The molecular formula is C16H14ClNO3. The van der Waals surface area contributed by atoms with Crippen molar-refractivity contribution in [2.24, 2.45) is 0 Å². The molecule has 1 aliphatic heterocycles. The van der Waals surface area contributed by atoms with Gasteiger partial charge >= 0.3 is 0 Å². The molecule has 1 heterocycles. The van der Waals surface area contributed by atoms with Crippen LogP contribution in [0.5, 0.6) is 11.5 Å². The van der Waals surface area contributed by atoms with Crippen LogP contribution in [0.25, 0.3) is 0 Å². The first-order chi connectivity index (χ1) is 10.2. The third kappa shape index (κ3) is 2.95. The Morgan fingerprint density at radius 3 is 2.76 bits per heavy atom. The second-order valence-corrected chi connectivity index (χ2v) is 5.22. The predicted molar refractivity (Wildman–Crippen MR) is 81.2 cm³/mol. The van der Waals surface area contributed by atoms with Gasteiger partial charge in [-0.25, -0.2) is 0 Å². The predicted octanol–water partition coefficient (Wildman–Crippen LogP) is 3.29. The highest BCUT2D eigenvalue weighted by atomic mass is 35.5. The van der Waals surface area contributed by atoms with Crippen molar-refractivity contribution in [1.29, 1.82) is 0 Å². The molecule has 1 atom stereocenters. The fraction of sp³-hybridized carbons (Fsp3) is 0.188. The molecule has 21 heavy (non-hydrogen) atoms. The number of anilines is 1. The highest BCUT2D eigenvalue weighted by Crippen LogP contribution is 2.31. The first kappa shape index (κ1) is 13.8. The Balaban J connectivity index is 1.67. The zero-order chi connectivity index (χ0) is 14.8. The van der Waals surface area contributed by atoms with Crippen LogP contribution in [0.1, 0.15) is 5.56 Å². The molecule has 2 aromatic rings. The summed E-state index contributed by atoms with van der Waals surface area (Å²) in [4.78, 5) is 12.2. The lowest BCUT2D eigenvalue weighted by molar-refractivity contribution is -0.122. The number of rotatable bonds is 3. The van der Waals surface area contributed by atoms with Crippen molar-refractivity contribution < 1.29 is 14.3 Å². The molecule has 1 aliphatic rings. The van der Waals surface area contributed by atoms with E-state index < -0.39 is 6.10 Å². The van der Waals surface area contributed by atoms with Crippen LogP contribution in [0, 0.1) is 0 Å². The molecule has 1 N–H and O–H groups in total. The lowest BCUT2D eigenvalue weighted by atomic mass is 10.1. The van der Waals surface area contributed by atoms with Gasteiger partial charge in [0.05, 0.1) is 7.11 Å². The van der Waals surface area contributed by atoms with E-state index in [-0.39, 0.29) is 5.91 Å². The van der Waals surface area contributed by atoms with Gasteiger partial charge in [0.25, 0.3) is 5.91 Å². The summed E-state index contributed by atoms with van der Waals surface area (Å²) in [6.07, 6.45) is -0.00158. The van der Waals surface area contributed by atoms with E-state index >= 15 is 0 Å². The largest absolute Gasteiger partial charge is 0.497 e. The first-order valence-corrected chi connectivity index (χ1v) is 6.93. The molecule has 5 heteroatoms. The first-order valence-electron chi connectivity index (χ1n) is 6.56. The Morgan fingerprint density at radius 1 is 1.29 bits per heavy atom. The Bertz CT molecular complexity index is 670. The highest BCUT2D eigenvalue weighted by Gasteiger charge is 2.29. The van der Waals surface area contributed by atoms with Gasteiger partial charge in [0.2, 0.25) is 0 Å². The molecule has 4 nitrogen and oxygen atoms in total. The van der Waals surface area contributed by atoms with E-state index in [1.807, 2.05) is 6.07 Å². The van der Waals surface area contributed by atoms with E-state index in [9.17, 15) is 4.79 Å². The molecule has 0 bridgehead atoms. The number of hydrogen-bond acceptors (Lipinski definition) is 3. The van der Waals surface area contributed by atoms with Crippen LogP contribution in [-0.2, 0) is 11.2 Å². The molecule has 0 fully saturated rings. The zero-order valence-electron chi connectivity index (χ0n) is 11.4. The Hall–Kier alpha value is -2.20. The van der Waals surface area contributed by atoms with Gasteiger partial charge in [-0.1, -0.05) is 11.6 Å². The van der Waals surface area contributed by atoms with Crippen molar-refractivity contribution in [3.63, 3.8) is 0 Å². The normalized spacial score (nSPS) is 16.0. The fourth-order valence-corrected chi connectivity index (χ4v) is 2.46. The van der Waals surface area contributed by atoms with Crippen LogP contribution < -0.4 is 14.8 Å². The van der Waals surface area contributed by atoms with Crippen molar-refractivity contribution >= 4 is 23.2 Å². The van der Waals surface area contributed by atoms with Crippen molar-refractivity contribution in [1.82, 2.24) is 0 Å². The maximum absolute atomic E-state index is 12.2. The molecule has 0 spiro atoms. The summed E-state index contributed by atoms with van der Waals surface area (Å²) in [5, 5.41) is 3.48. The quantitative estimate of drug-likeness (QED) is 0.946. The van der Waals surface area contributed by atoms with E-state index in [1.165, 1.54) is 0 Å². The number of carbonyl (C=O) groups is 1. The minimum absolute atomic E-state index is 0.174. The smallest absolute Gasteiger partial charge is 0.265 e. The number of benzene rings is 2. The van der Waals surface area contributed by atoms with E-state index in [0.717, 1.165) is 11.3 Å². The Labute approximate surface area is 127 Å². The second kappa shape index (κ2) is 5.66. The van der Waals surface area contributed by atoms with Crippen molar-refractivity contribution in [3.8, 4) is 11.5 Å². The van der Waals surface area contributed by atoms with Gasteiger partial charge in [-0.15, -0.1) is 0 Å². The SMILES string of the molecule is COc1ccc(NC(=O)C2Cc3cc(Cl)ccc3O2)cc1. The van der Waals surface area contributed by atoms with Crippen molar-refractivity contribution in [2.75, 3.05) is 12.4 Å². The average molecular weight is 304 g/mol.